The number of nitrogens with zero attached hydrogens (tertiary/aromatic N) is 3. The van der Waals surface area contributed by atoms with E-state index >= 15 is 0 Å². The lowest BCUT2D eigenvalue weighted by Crippen LogP contribution is -2.32. The largest absolute Gasteiger partial charge is 0.486 e. The summed E-state index contributed by atoms with van der Waals surface area (Å²) in [7, 11) is 2.24. The van der Waals surface area contributed by atoms with E-state index < -0.39 is 0 Å². The number of aryl methyl sites for hydroxylation is 2. The molecule has 2 aromatic carbocycles. The Labute approximate surface area is 178 Å². The van der Waals surface area contributed by atoms with Crippen LogP contribution in [0.5, 0.6) is 5.75 Å². The highest BCUT2D eigenvalue weighted by atomic mass is 35.5. The van der Waals surface area contributed by atoms with Crippen molar-refractivity contribution in [3.05, 3.63) is 58.9 Å². The molecule has 29 heavy (non-hydrogen) atoms. The fourth-order valence-electron chi connectivity index (χ4n) is 4.38. The average Bonchev–Trinajstić information content (AvgIpc) is 3.04. The highest BCUT2D eigenvalue weighted by molar-refractivity contribution is 6.30. The molecule has 3 aromatic rings. The first-order valence-corrected chi connectivity index (χ1v) is 11.0. The van der Waals surface area contributed by atoms with E-state index in [1.165, 1.54) is 49.9 Å². The van der Waals surface area contributed by atoms with Gasteiger partial charge in [-0.15, -0.1) is 0 Å². The van der Waals surface area contributed by atoms with Crippen LogP contribution in [0.4, 0.5) is 0 Å². The average molecular weight is 412 g/mol. The molecule has 4 nitrogen and oxygen atoms in total. The number of benzene rings is 2. The Morgan fingerprint density at radius 3 is 2.79 bits per heavy atom. The number of piperidine rings is 1. The third-order valence-corrected chi connectivity index (χ3v) is 6.13. The first-order chi connectivity index (χ1) is 14.1. The van der Waals surface area contributed by atoms with Crippen LogP contribution in [0.2, 0.25) is 5.02 Å². The van der Waals surface area contributed by atoms with Gasteiger partial charge in [0.25, 0.3) is 0 Å². The lowest BCUT2D eigenvalue weighted by molar-refractivity contribution is 0.198. The smallest absolute Gasteiger partial charge is 0.147 e. The Balaban J connectivity index is 1.47. The molecule has 1 atom stereocenters. The van der Waals surface area contributed by atoms with Crippen LogP contribution in [-0.4, -0.2) is 34.6 Å². The molecule has 0 radical (unpaired) electrons. The van der Waals surface area contributed by atoms with Gasteiger partial charge in [-0.3, -0.25) is 0 Å². The molecule has 1 aliphatic heterocycles. The second-order valence-corrected chi connectivity index (χ2v) is 8.76. The minimum Gasteiger partial charge on any atom is -0.486 e. The van der Waals surface area contributed by atoms with Crippen LogP contribution in [0.15, 0.2) is 42.5 Å². The number of hydrogen-bond donors (Lipinski definition) is 0. The Bertz CT molecular complexity index is 951. The van der Waals surface area contributed by atoms with Crippen molar-refractivity contribution in [3.63, 3.8) is 0 Å². The third kappa shape index (κ3) is 5.12. The van der Waals surface area contributed by atoms with Crippen molar-refractivity contribution < 1.29 is 4.74 Å². The summed E-state index contributed by atoms with van der Waals surface area (Å²) in [6.07, 6.45) is 5.13. The van der Waals surface area contributed by atoms with Gasteiger partial charge in [0, 0.05) is 18.1 Å². The van der Waals surface area contributed by atoms with Gasteiger partial charge in [-0.2, -0.15) is 0 Å². The fraction of sp³-hybridized carbons (Fsp3) is 0.458. The number of halogens is 1. The second kappa shape index (κ2) is 9.19. The fourth-order valence-corrected chi connectivity index (χ4v) is 4.50. The van der Waals surface area contributed by atoms with E-state index in [0.717, 1.165) is 29.6 Å². The monoisotopic (exact) mass is 411 g/mol. The molecule has 1 saturated heterocycles. The van der Waals surface area contributed by atoms with E-state index in [-0.39, 0.29) is 0 Å². The number of likely N-dealkylation sites (tertiary alicyclic amines) is 1. The molecule has 0 N–H and O–H groups in total. The summed E-state index contributed by atoms with van der Waals surface area (Å²) < 4.78 is 8.35. The van der Waals surface area contributed by atoms with Crippen LogP contribution >= 0.6 is 11.6 Å². The standard InChI is InChI=1S/C24H30ClN3O/c1-18-7-12-23-22(15-18)26-24(17-29-21-10-8-20(25)9-11-21)28(23)14-4-6-19-5-3-13-27(2)16-19/h7-12,15,19H,3-6,13-14,16-17H2,1-2H3. The maximum atomic E-state index is 6.01. The summed E-state index contributed by atoms with van der Waals surface area (Å²) in [5.74, 6) is 2.62. The van der Waals surface area contributed by atoms with Crippen molar-refractivity contribution in [1.29, 1.82) is 0 Å². The first-order valence-electron chi connectivity index (χ1n) is 10.6. The van der Waals surface area contributed by atoms with Crippen LogP contribution in [0, 0.1) is 12.8 Å². The molecular formula is C24H30ClN3O. The van der Waals surface area contributed by atoms with Crippen LogP contribution in [0.25, 0.3) is 11.0 Å². The second-order valence-electron chi connectivity index (χ2n) is 8.33. The Kier molecular flexibility index (Phi) is 6.41. The zero-order valence-corrected chi connectivity index (χ0v) is 18.2. The van der Waals surface area contributed by atoms with Gasteiger partial charge in [0.2, 0.25) is 0 Å². The maximum absolute atomic E-state index is 6.01. The summed E-state index contributed by atoms with van der Waals surface area (Å²) >= 11 is 5.98. The topological polar surface area (TPSA) is 30.3 Å². The lowest BCUT2D eigenvalue weighted by Gasteiger charge is -2.29. The Morgan fingerprint density at radius 1 is 1.17 bits per heavy atom. The number of aromatic nitrogens is 2. The van der Waals surface area contributed by atoms with Crippen LogP contribution < -0.4 is 4.74 Å². The molecule has 0 aliphatic carbocycles. The summed E-state index contributed by atoms with van der Waals surface area (Å²) in [4.78, 5) is 7.35. The van der Waals surface area contributed by atoms with E-state index in [1.54, 1.807) is 0 Å². The van der Waals surface area contributed by atoms with Gasteiger partial charge in [-0.1, -0.05) is 17.7 Å². The Morgan fingerprint density at radius 2 is 2.00 bits per heavy atom. The molecule has 0 bridgehead atoms. The van der Waals surface area contributed by atoms with Crippen molar-refractivity contribution in [3.8, 4) is 5.75 Å². The quantitative estimate of drug-likeness (QED) is 0.499. The number of imidazole rings is 1. The van der Waals surface area contributed by atoms with Crippen LogP contribution in [-0.2, 0) is 13.2 Å². The van der Waals surface area contributed by atoms with Gasteiger partial charge in [-0.25, -0.2) is 4.98 Å². The van der Waals surface area contributed by atoms with Gasteiger partial charge in [-0.05, 0) is 94.1 Å². The third-order valence-electron chi connectivity index (χ3n) is 5.88. The predicted molar refractivity (Wildman–Crippen MR) is 120 cm³/mol. The molecule has 154 valence electrons. The molecule has 1 unspecified atom stereocenters. The van der Waals surface area contributed by atoms with Crippen LogP contribution in [0.3, 0.4) is 0 Å². The minimum absolute atomic E-state index is 0.460. The van der Waals surface area contributed by atoms with Gasteiger partial charge in [0.15, 0.2) is 0 Å². The van der Waals surface area contributed by atoms with Crippen molar-refractivity contribution >= 4 is 22.6 Å². The molecule has 1 aliphatic rings. The molecular weight excluding hydrogens is 382 g/mol. The number of rotatable bonds is 7. The highest BCUT2D eigenvalue weighted by Gasteiger charge is 2.17. The number of fused-ring (bicyclic) bond motifs is 1. The minimum atomic E-state index is 0.460. The number of ether oxygens (including phenoxy) is 1. The summed E-state index contributed by atoms with van der Waals surface area (Å²) in [6, 6.07) is 14.0. The van der Waals surface area contributed by atoms with E-state index in [0.29, 0.717) is 11.6 Å². The molecule has 5 heteroatoms. The molecule has 1 aromatic heterocycles. The zero-order valence-electron chi connectivity index (χ0n) is 17.4. The molecule has 2 heterocycles. The van der Waals surface area contributed by atoms with Crippen molar-refractivity contribution in [2.75, 3.05) is 20.1 Å². The molecule has 0 spiro atoms. The van der Waals surface area contributed by atoms with E-state index in [1.807, 2.05) is 24.3 Å². The summed E-state index contributed by atoms with van der Waals surface area (Å²) in [5, 5.41) is 0.716. The molecule has 0 saturated carbocycles. The van der Waals surface area contributed by atoms with Gasteiger partial charge < -0.3 is 14.2 Å². The van der Waals surface area contributed by atoms with E-state index in [4.69, 9.17) is 21.3 Å². The van der Waals surface area contributed by atoms with E-state index in [9.17, 15) is 0 Å². The summed E-state index contributed by atoms with van der Waals surface area (Å²) in [5.41, 5.74) is 3.49. The van der Waals surface area contributed by atoms with E-state index in [2.05, 4.69) is 41.6 Å². The van der Waals surface area contributed by atoms with Gasteiger partial charge in [0.05, 0.1) is 11.0 Å². The van der Waals surface area contributed by atoms with Crippen molar-refractivity contribution in [1.82, 2.24) is 14.5 Å². The zero-order chi connectivity index (χ0) is 20.2. The highest BCUT2D eigenvalue weighted by Crippen LogP contribution is 2.24. The molecule has 1 fully saturated rings. The van der Waals surface area contributed by atoms with Crippen molar-refractivity contribution in [2.45, 2.75) is 45.8 Å². The SMILES string of the molecule is Cc1ccc2c(c1)nc(COc1ccc(Cl)cc1)n2CCCC1CCCN(C)C1. The Hall–Kier alpha value is -2.04. The number of hydrogen-bond acceptors (Lipinski definition) is 3. The predicted octanol–water partition coefficient (Wildman–Crippen LogP) is 5.70. The van der Waals surface area contributed by atoms with Crippen molar-refractivity contribution in [2.24, 2.45) is 5.92 Å². The normalized spacial score (nSPS) is 17.7. The molecule has 0 amide bonds. The lowest BCUT2D eigenvalue weighted by atomic mass is 9.94. The van der Waals surface area contributed by atoms with Gasteiger partial charge >= 0.3 is 0 Å². The van der Waals surface area contributed by atoms with Crippen LogP contribution in [0.1, 0.15) is 37.1 Å². The molecule has 4 rings (SSSR count). The maximum Gasteiger partial charge on any atom is 0.147 e. The van der Waals surface area contributed by atoms with Gasteiger partial charge in [0.1, 0.15) is 18.2 Å². The first kappa shape index (κ1) is 20.2. The summed E-state index contributed by atoms with van der Waals surface area (Å²) in [6.45, 7) is 6.03.